The molecule has 2 aromatic heterocycles. The van der Waals surface area contributed by atoms with Crippen molar-refractivity contribution in [2.45, 2.75) is 19.8 Å². The van der Waals surface area contributed by atoms with Gasteiger partial charge in [0.2, 0.25) is 0 Å². The van der Waals surface area contributed by atoms with Crippen molar-refractivity contribution in [3.63, 3.8) is 0 Å². The minimum absolute atomic E-state index is 0.209. The Hall–Kier alpha value is -2.37. The van der Waals surface area contributed by atoms with Gasteiger partial charge in [0.05, 0.1) is 11.9 Å². The molecule has 3 N–H and O–H groups in total. The largest absolute Gasteiger partial charge is 0.384 e. The summed E-state index contributed by atoms with van der Waals surface area (Å²) in [6.45, 7) is 2.06. The summed E-state index contributed by atoms with van der Waals surface area (Å²) in [5.41, 5.74) is 7.72. The highest BCUT2D eigenvalue weighted by Crippen LogP contribution is 2.12. The molecule has 6 heteroatoms. The molecule has 0 aliphatic carbocycles. The van der Waals surface area contributed by atoms with Gasteiger partial charge in [-0.15, -0.1) is 0 Å². The second-order valence-corrected chi connectivity index (χ2v) is 4.38. The summed E-state index contributed by atoms with van der Waals surface area (Å²) in [5.74, 6) is 0.154. The van der Waals surface area contributed by atoms with Gasteiger partial charge in [0.15, 0.2) is 0 Å². The maximum Gasteiger partial charge on any atom is 0.255 e. The third-order valence-corrected chi connectivity index (χ3v) is 2.63. The minimum Gasteiger partial charge on any atom is -0.384 e. The number of nitrogens with zero attached hydrogens (tertiary/aromatic N) is 3. The standard InChI is InChI=1S/C13H17N5O/c1-3-4-10-5-9(6-12(14)16-10)13(19)17-11-7-15-18(2)8-11/h5-8H,3-4H2,1-2H3,(H2,14,16)(H,17,19). The molecule has 6 nitrogen and oxygen atoms in total. The highest BCUT2D eigenvalue weighted by atomic mass is 16.1. The van der Waals surface area contributed by atoms with E-state index in [4.69, 9.17) is 5.73 Å². The van der Waals surface area contributed by atoms with Crippen molar-refractivity contribution in [1.29, 1.82) is 0 Å². The zero-order chi connectivity index (χ0) is 13.8. The Labute approximate surface area is 111 Å². The van der Waals surface area contributed by atoms with Crippen LogP contribution in [0.1, 0.15) is 29.4 Å². The quantitative estimate of drug-likeness (QED) is 0.873. The monoisotopic (exact) mass is 259 g/mol. The fraction of sp³-hybridized carbons (Fsp3) is 0.308. The first-order valence-electron chi connectivity index (χ1n) is 6.15. The SMILES string of the molecule is CCCc1cc(C(=O)Nc2cnn(C)c2)cc(N)n1. The molecule has 0 aromatic carbocycles. The van der Waals surface area contributed by atoms with Crippen LogP contribution >= 0.6 is 0 Å². The number of amides is 1. The lowest BCUT2D eigenvalue weighted by molar-refractivity contribution is 0.102. The summed E-state index contributed by atoms with van der Waals surface area (Å²) in [6, 6.07) is 3.34. The van der Waals surface area contributed by atoms with Gasteiger partial charge in [0.1, 0.15) is 5.82 Å². The molecular weight excluding hydrogens is 242 g/mol. The first-order valence-corrected chi connectivity index (χ1v) is 6.15. The number of carbonyl (C=O) groups is 1. The molecule has 2 aromatic rings. The number of nitrogens with two attached hydrogens (primary N) is 1. The number of nitrogen functional groups attached to an aromatic ring is 1. The Morgan fingerprint density at radius 2 is 2.26 bits per heavy atom. The summed E-state index contributed by atoms with van der Waals surface area (Å²) >= 11 is 0. The molecule has 100 valence electrons. The Morgan fingerprint density at radius 1 is 1.47 bits per heavy atom. The van der Waals surface area contributed by atoms with Crippen LogP contribution in [0.2, 0.25) is 0 Å². The second-order valence-electron chi connectivity index (χ2n) is 4.38. The average Bonchev–Trinajstić information content (AvgIpc) is 2.74. The van der Waals surface area contributed by atoms with Gasteiger partial charge in [0.25, 0.3) is 5.91 Å². The van der Waals surface area contributed by atoms with Crippen LogP contribution in [0.25, 0.3) is 0 Å². The predicted molar refractivity (Wildman–Crippen MR) is 73.8 cm³/mol. The smallest absolute Gasteiger partial charge is 0.255 e. The van der Waals surface area contributed by atoms with Crippen LogP contribution in [0.4, 0.5) is 11.5 Å². The number of rotatable bonds is 4. The third kappa shape index (κ3) is 3.31. The van der Waals surface area contributed by atoms with Crippen molar-refractivity contribution >= 4 is 17.4 Å². The number of nitrogens with one attached hydrogen (secondary N) is 1. The molecule has 0 bridgehead atoms. The predicted octanol–water partition coefficient (Wildman–Crippen LogP) is 1.60. The highest BCUT2D eigenvalue weighted by molar-refractivity contribution is 6.04. The van der Waals surface area contributed by atoms with E-state index in [1.165, 1.54) is 0 Å². The summed E-state index contributed by atoms with van der Waals surface area (Å²) in [6.07, 6.45) is 5.09. The summed E-state index contributed by atoms with van der Waals surface area (Å²) in [4.78, 5) is 16.3. The maximum absolute atomic E-state index is 12.1. The third-order valence-electron chi connectivity index (χ3n) is 2.63. The molecule has 1 amide bonds. The van der Waals surface area contributed by atoms with Crippen LogP contribution in [0.3, 0.4) is 0 Å². The number of hydrogen-bond donors (Lipinski definition) is 2. The average molecular weight is 259 g/mol. The molecule has 2 heterocycles. The van der Waals surface area contributed by atoms with E-state index in [9.17, 15) is 4.79 Å². The Bertz CT molecular complexity index is 590. The van der Waals surface area contributed by atoms with Gasteiger partial charge in [-0.3, -0.25) is 9.48 Å². The van der Waals surface area contributed by atoms with Crippen LogP contribution in [-0.4, -0.2) is 20.7 Å². The van der Waals surface area contributed by atoms with E-state index in [1.807, 2.05) is 0 Å². The van der Waals surface area contributed by atoms with Gasteiger partial charge in [-0.25, -0.2) is 4.98 Å². The highest BCUT2D eigenvalue weighted by Gasteiger charge is 2.10. The Morgan fingerprint density at radius 3 is 2.89 bits per heavy atom. The van der Waals surface area contributed by atoms with Crippen LogP contribution < -0.4 is 11.1 Å². The first kappa shape index (κ1) is 13.1. The van der Waals surface area contributed by atoms with Crippen molar-refractivity contribution in [3.05, 3.63) is 35.8 Å². The molecule has 0 aliphatic rings. The summed E-state index contributed by atoms with van der Waals surface area (Å²) in [5, 5.41) is 6.76. The summed E-state index contributed by atoms with van der Waals surface area (Å²) < 4.78 is 1.62. The number of hydrogen-bond acceptors (Lipinski definition) is 4. The minimum atomic E-state index is -0.209. The van der Waals surface area contributed by atoms with E-state index < -0.39 is 0 Å². The van der Waals surface area contributed by atoms with Crippen molar-refractivity contribution in [1.82, 2.24) is 14.8 Å². The summed E-state index contributed by atoms with van der Waals surface area (Å²) in [7, 11) is 1.79. The van der Waals surface area contributed by atoms with Crippen LogP contribution in [-0.2, 0) is 13.5 Å². The molecule has 0 saturated carbocycles. The van der Waals surface area contributed by atoms with E-state index >= 15 is 0 Å². The molecule has 19 heavy (non-hydrogen) atoms. The topological polar surface area (TPSA) is 85.8 Å². The second kappa shape index (κ2) is 5.51. The van der Waals surface area contributed by atoms with Crippen molar-refractivity contribution in [2.75, 3.05) is 11.1 Å². The number of aromatic nitrogens is 3. The van der Waals surface area contributed by atoms with E-state index in [-0.39, 0.29) is 5.91 Å². The fourth-order valence-electron chi connectivity index (χ4n) is 1.82. The van der Waals surface area contributed by atoms with Crippen molar-refractivity contribution in [3.8, 4) is 0 Å². The molecule has 0 saturated heterocycles. The molecular formula is C13H17N5O. The van der Waals surface area contributed by atoms with Crippen molar-refractivity contribution < 1.29 is 4.79 Å². The van der Waals surface area contributed by atoms with Gasteiger partial charge < -0.3 is 11.1 Å². The van der Waals surface area contributed by atoms with E-state index in [2.05, 4.69) is 22.3 Å². The normalized spacial score (nSPS) is 10.4. The molecule has 0 unspecified atom stereocenters. The zero-order valence-electron chi connectivity index (χ0n) is 11.1. The van der Waals surface area contributed by atoms with Gasteiger partial charge in [-0.1, -0.05) is 13.3 Å². The molecule has 0 fully saturated rings. The maximum atomic E-state index is 12.1. The number of carbonyl (C=O) groups excluding carboxylic acids is 1. The molecule has 0 spiro atoms. The Balaban J connectivity index is 2.18. The lowest BCUT2D eigenvalue weighted by Gasteiger charge is -2.06. The van der Waals surface area contributed by atoms with Crippen molar-refractivity contribution in [2.24, 2.45) is 7.05 Å². The first-order chi connectivity index (χ1) is 9.08. The van der Waals surface area contributed by atoms with E-state index in [1.54, 1.807) is 36.3 Å². The van der Waals surface area contributed by atoms with Crippen LogP contribution in [0.5, 0.6) is 0 Å². The molecule has 0 aliphatic heterocycles. The molecule has 0 atom stereocenters. The van der Waals surface area contributed by atoms with Gasteiger partial charge in [-0.2, -0.15) is 5.10 Å². The van der Waals surface area contributed by atoms with E-state index in [0.29, 0.717) is 17.1 Å². The molecule has 2 rings (SSSR count). The van der Waals surface area contributed by atoms with Gasteiger partial charge in [-0.05, 0) is 18.6 Å². The fourth-order valence-corrected chi connectivity index (χ4v) is 1.82. The van der Waals surface area contributed by atoms with Gasteiger partial charge >= 0.3 is 0 Å². The van der Waals surface area contributed by atoms with E-state index in [0.717, 1.165) is 18.5 Å². The molecule has 0 radical (unpaired) electrons. The lowest BCUT2D eigenvalue weighted by Crippen LogP contribution is -2.13. The zero-order valence-corrected chi connectivity index (χ0v) is 11.1. The number of pyridine rings is 1. The van der Waals surface area contributed by atoms with Crippen LogP contribution in [0, 0.1) is 0 Å². The lowest BCUT2D eigenvalue weighted by atomic mass is 10.1. The van der Waals surface area contributed by atoms with Crippen LogP contribution in [0.15, 0.2) is 24.5 Å². The number of anilines is 2. The Kier molecular flexibility index (Phi) is 3.79. The van der Waals surface area contributed by atoms with Gasteiger partial charge in [0, 0.05) is 24.5 Å². The number of aryl methyl sites for hydroxylation is 2.